The number of methoxy groups -OCH3 is 1. The molecule has 1 fully saturated rings. The lowest BCUT2D eigenvalue weighted by Gasteiger charge is -2.34. The van der Waals surface area contributed by atoms with Crippen LogP contribution in [0, 0.1) is 0 Å². The van der Waals surface area contributed by atoms with Crippen LogP contribution in [0.4, 0.5) is 5.95 Å². The Morgan fingerprint density at radius 3 is 2.15 bits per heavy atom. The fourth-order valence-electron chi connectivity index (χ4n) is 3.28. The van der Waals surface area contributed by atoms with E-state index in [1.807, 2.05) is 24.3 Å². The van der Waals surface area contributed by atoms with Crippen molar-refractivity contribution in [3.8, 4) is 5.75 Å². The van der Waals surface area contributed by atoms with Crippen LogP contribution in [-0.4, -0.2) is 70.3 Å². The summed E-state index contributed by atoms with van der Waals surface area (Å²) in [7, 11) is 1.56. The van der Waals surface area contributed by atoms with Gasteiger partial charge in [0.1, 0.15) is 0 Å². The molecule has 34 heavy (non-hydrogen) atoms. The minimum Gasteiger partial charge on any atom is -0.493 e. The first kappa shape index (κ1) is 26.5. The SMILES string of the molecule is COc1cc(C(C)C)ccc(CN2CCN(c3ncccn3)CC2)c1=O.O=C(O)/C=C/C(=O)O. The predicted octanol–water partition coefficient (Wildman–Crippen LogP) is 2.00. The lowest BCUT2D eigenvalue weighted by molar-refractivity contribution is -0.134. The van der Waals surface area contributed by atoms with Gasteiger partial charge in [-0.05, 0) is 23.6 Å². The molecule has 0 atom stereocenters. The van der Waals surface area contributed by atoms with E-state index < -0.39 is 11.9 Å². The van der Waals surface area contributed by atoms with Gasteiger partial charge in [-0.15, -0.1) is 0 Å². The van der Waals surface area contributed by atoms with Crippen LogP contribution in [-0.2, 0) is 16.1 Å². The minimum absolute atomic E-state index is 0.0202. The van der Waals surface area contributed by atoms with E-state index in [2.05, 4.69) is 33.6 Å². The number of ether oxygens (including phenoxy) is 1. The Morgan fingerprint density at radius 2 is 1.65 bits per heavy atom. The third kappa shape index (κ3) is 8.28. The molecular formula is C24H30N4O6. The molecule has 2 N–H and O–H groups in total. The zero-order chi connectivity index (χ0) is 25.1. The van der Waals surface area contributed by atoms with Crippen LogP contribution in [0.2, 0.25) is 0 Å². The van der Waals surface area contributed by atoms with Crippen molar-refractivity contribution in [1.29, 1.82) is 0 Å². The predicted molar refractivity (Wildman–Crippen MR) is 127 cm³/mol. The van der Waals surface area contributed by atoms with E-state index in [4.69, 9.17) is 14.9 Å². The van der Waals surface area contributed by atoms with Gasteiger partial charge < -0.3 is 19.8 Å². The summed E-state index contributed by atoms with van der Waals surface area (Å²) in [4.78, 5) is 45.0. The highest BCUT2D eigenvalue weighted by atomic mass is 16.5. The van der Waals surface area contributed by atoms with Crippen LogP contribution >= 0.6 is 0 Å². The summed E-state index contributed by atoms with van der Waals surface area (Å²) >= 11 is 0. The highest BCUT2D eigenvalue weighted by Gasteiger charge is 2.20. The lowest BCUT2D eigenvalue weighted by atomic mass is 10.1. The van der Waals surface area contributed by atoms with E-state index in [9.17, 15) is 14.4 Å². The number of aliphatic carboxylic acids is 2. The topological polar surface area (TPSA) is 133 Å². The molecule has 2 aromatic rings. The minimum atomic E-state index is -1.26. The molecule has 3 rings (SSSR count). The molecule has 1 aromatic heterocycles. The number of rotatable bonds is 7. The van der Waals surface area contributed by atoms with Gasteiger partial charge in [0, 0.05) is 62.8 Å². The third-order valence-corrected chi connectivity index (χ3v) is 5.15. The van der Waals surface area contributed by atoms with Gasteiger partial charge in [0.2, 0.25) is 11.4 Å². The number of carbonyl (C=O) groups is 2. The molecule has 0 aliphatic carbocycles. The van der Waals surface area contributed by atoms with Crippen molar-refractivity contribution in [1.82, 2.24) is 14.9 Å². The van der Waals surface area contributed by atoms with E-state index in [0.29, 0.717) is 30.4 Å². The second-order valence-electron chi connectivity index (χ2n) is 7.88. The van der Waals surface area contributed by atoms with Gasteiger partial charge >= 0.3 is 11.9 Å². The van der Waals surface area contributed by atoms with Crippen molar-refractivity contribution in [3.63, 3.8) is 0 Å². The van der Waals surface area contributed by atoms with Crippen molar-refractivity contribution in [2.75, 3.05) is 38.2 Å². The second-order valence-corrected chi connectivity index (χ2v) is 7.88. The molecule has 182 valence electrons. The number of piperazine rings is 1. The van der Waals surface area contributed by atoms with E-state index in [0.717, 1.165) is 43.3 Å². The monoisotopic (exact) mass is 470 g/mol. The van der Waals surface area contributed by atoms with Crippen LogP contribution in [0.3, 0.4) is 0 Å². The third-order valence-electron chi connectivity index (χ3n) is 5.15. The summed E-state index contributed by atoms with van der Waals surface area (Å²) in [6.45, 7) is 8.31. The van der Waals surface area contributed by atoms with E-state index in [-0.39, 0.29) is 5.43 Å². The van der Waals surface area contributed by atoms with Gasteiger partial charge in [-0.2, -0.15) is 0 Å². The molecule has 0 bridgehead atoms. The summed E-state index contributed by atoms with van der Waals surface area (Å²) < 4.78 is 5.34. The summed E-state index contributed by atoms with van der Waals surface area (Å²) in [5.41, 5.74) is 1.86. The standard InChI is InChI=1S/C20H26N4O2.C4H4O4/c1-15(2)16-5-6-17(19(25)18(13-16)26-3)14-23-9-11-24(12-10-23)20-21-7-4-8-22-20;5-3(6)1-2-4(7)8/h4-8,13,15H,9-12,14H2,1-3H3;1-2H,(H,5,6)(H,7,8)/b;2-1+. The van der Waals surface area contributed by atoms with Crippen molar-refractivity contribution in [3.05, 3.63) is 70.2 Å². The van der Waals surface area contributed by atoms with Crippen molar-refractivity contribution >= 4 is 17.9 Å². The van der Waals surface area contributed by atoms with Crippen molar-refractivity contribution in [2.45, 2.75) is 26.3 Å². The number of anilines is 1. The largest absolute Gasteiger partial charge is 0.493 e. The fraction of sp³-hybridized carbons (Fsp3) is 0.375. The average Bonchev–Trinajstić information content (AvgIpc) is 2.98. The maximum absolute atomic E-state index is 12.8. The maximum atomic E-state index is 12.8. The fourth-order valence-corrected chi connectivity index (χ4v) is 3.28. The maximum Gasteiger partial charge on any atom is 0.328 e. The van der Waals surface area contributed by atoms with Crippen molar-refractivity contribution < 1.29 is 24.5 Å². The molecule has 10 heteroatoms. The van der Waals surface area contributed by atoms with Gasteiger partial charge in [-0.25, -0.2) is 19.6 Å². The highest BCUT2D eigenvalue weighted by Crippen LogP contribution is 2.18. The van der Waals surface area contributed by atoms with E-state index in [1.165, 1.54) is 0 Å². The molecule has 1 saturated heterocycles. The molecule has 0 saturated carbocycles. The van der Waals surface area contributed by atoms with Crippen LogP contribution < -0.4 is 15.1 Å². The normalized spacial score (nSPS) is 13.9. The van der Waals surface area contributed by atoms with Gasteiger partial charge in [-0.1, -0.05) is 26.0 Å². The molecular weight excluding hydrogens is 440 g/mol. The Morgan fingerprint density at radius 1 is 1.06 bits per heavy atom. The van der Waals surface area contributed by atoms with Crippen LogP contribution in [0.5, 0.6) is 5.75 Å². The molecule has 2 heterocycles. The van der Waals surface area contributed by atoms with E-state index >= 15 is 0 Å². The zero-order valence-corrected chi connectivity index (χ0v) is 19.5. The van der Waals surface area contributed by atoms with Crippen LogP contribution in [0.15, 0.2) is 53.6 Å². The Kier molecular flexibility index (Phi) is 10.2. The number of carboxylic acid groups (broad SMARTS) is 2. The first-order valence-corrected chi connectivity index (χ1v) is 10.8. The highest BCUT2D eigenvalue weighted by molar-refractivity contribution is 5.89. The molecule has 0 spiro atoms. The first-order chi connectivity index (χ1) is 16.2. The van der Waals surface area contributed by atoms with Crippen LogP contribution in [0.1, 0.15) is 30.9 Å². The smallest absolute Gasteiger partial charge is 0.328 e. The summed E-state index contributed by atoms with van der Waals surface area (Å²) in [6, 6.07) is 7.68. The number of nitrogens with zero attached hydrogens (tertiary/aromatic N) is 4. The summed E-state index contributed by atoms with van der Waals surface area (Å²) in [5, 5.41) is 15.6. The summed E-state index contributed by atoms with van der Waals surface area (Å²) in [5.74, 6) is -0.978. The Labute approximate surface area is 198 Å². The Bertz CT molecular complexity index is 1030. The number of hydrogen-bond acceptors (Lipinski definition) is 8. The number of carboxylic acids is 2. The van der Waals surface area contributed by atoms with Crippen LogP contribution in [0.25, 0.3) is 0 Å². The molecule has 10 nitrogen and oxygen atoms in total. The summed E-state index contributed by atoms with van der Waals surface area (Å²) in [6.07, 6.45) is 4.65. The number of aromatic nitrogens is 2. The molecule has 0 radical (unpaired) electrons. The van der Waals surface area contributed by atoms with Gasteiger partial charge in [0.05, 0.1) is 7.11 Å². The Hall–Kier alpha value is -3.79. The second kappa shape index (κ2) is 13.0. The number of hydrogen-bond donors (Lipinski definition) is 2. The molecule has 0 unspecified atom stereocenters. The van der Waals surface area contributed by atoms with Gasteiger partial charge in [0.15, 0.2) is 5.75 Å². The quantitative estimate of drug-likeness (QED) is 0.579. The molecule has 1 aromatic carbocycles. The Balaban J connectivity index is 0.000000440. The first-order valence-electron chi connectivity index (χ1n) is 10.8. The van der Waals surface area contributed by atoms with E-state index in [1.54, 1.807) is 19.5 Å². The van der Waals surface area contributed by atoms with Crippen molar-refractivity contribution in [2.24, 2.45) is 0 Å². The van der Waals surface area contributed by atoms with Gasteiger partial charge in [-0.3, -0.25) is 9.69 Å². The molecule has 1 aliphatic rings. The molecule has 0 amide bonds. The van der Waals surface area contributed by atoms with Gasteiger partial charge in [0.25, 0.3) is 0 Å². The lowest BCUT2D eigenvalue weighted by Crippen LogP contribution is -2.46. The molecule has 1 aliphatic heterocycles. The zero-order valence-electron chi connectivity index (χ0n) is 19.5. The average molecular weight is 471 g/mol.